The molecule has 1 heterocycles. The van der Waals surface area contributed by atoms with Crippen molar-refractivity contribution in [3.63, 3.8) is 0 Å². The summed E-state index contributed by atoms with van der Waals surface area (Å²) in [6, 6.07) is 11.4. The van der Waals surface area contributed by atoms with E-state index in [1.807, 2.05) is 38.1 Å². The van der Waals surface area contributed by atoms with Crippen molar-refractivity contribution in [3.8, 4) is 11.5 Å². The highest BCUT2D eigenvalue weighted by Crippen LogP contribution is 2.25. The van der Waals surface area contributed by atoms with Crippen LogP contribution in [-0.2, 0) is 6.61 Å². The minimum absolute atomic E-state index is 0.286. The Morgan fingerprint density at radius 2 is 1.93 bits per heavy atom. The first-order valence-electron chi connectivity index (χ1n) is 9.11. The lowest BCUT2D eigenvalue weighted by Gasteiger charge is -2.13. The van der Waals surface area contributed by atoms with Crippen molar-refractivity contribution in [2.45, 2.75) is 32.0 Å². The molecular formula is C21H22F2N4O2S. The largest absolute Gasteiger partial charge is 0.496 e. The average molecular weight is 432 g/mol. The molecule has 0 aliphatic rings. The van der Waals surface area contributed by atoms with Gasteiger partial charge >= 0.3 is 0 Å². The highest BCUT2D eigenvalue weighted by atomic mass is 32.2. The summed E-state index contributed by atoms with van der Waals surface area (Å²) < 4.78 is 38.8. The topological polar surface area (TPSA) is 61.5 Å². The Labute approximate surface area is 177 Å². The molecule has 30 heavy (non-hydrogen) atoms. The van der Waals surface area contributed by atoms with Crippen molar-refractivity contribution in [2.75, 3.05) is 13.4 Å². The van der Waals surface area contributed by atoms with Crippen LogP contribution in [0.1, 0.15) is 34.5 Å². The van der Waals surface area contributed by atoms with Crippen LogP contribution in [0.3, 0.4) is 0 Å². The van der Waals surface area contributed by atoms with E-state index < -0.39 is 12.2 Å². The third kappa shape index (κ3) is 4.96. The van der Waals surface area contributed by atoms with Crippen molar-refractivity contribution in [2.24, 2.45) is 5.10 Å². The molecular weight excluding hydrogens is 410 g/mol. The Bertz CT molecular complexity index is 1050. The first kappa shape index (κ1) is 21.8. The molecule has 1 aromatic heterocycles. The van der Waals surface area contributed by atoms with Crippen molar-refractivity contribution >= 4 is 18.0 Å². The van der Waals surface area contributed by atoms with Gasteiger partial charge < -0.3 is 9.47 Å². The molecule has 0 fully saturated rings. The van der Waals surface area contributed by atoms with Crippen molar-refractivity contribution in [1.29, 1.82) is 0 Å². The molecule has 9 heteroatoms. The van der Waals surface area contributed by atoms with Crippen LogP contribution < -0.4 is 9.47 Å². The molecule has 0 aliphatic heterocycles. The number of aromatic nitrogens is 3. The van der Waals surface area contributed by atoms with Gasteiger partial charge in [0.25, 0.3) is 6.43 Å². The number of ether oxygens (including phenoxy) is 2. The van der Waals surface area contributed by atoms with Gasteiger partial charge in [-0.1, -0.05) is 23.9 Å². The quantitative estimate of drug-likeness (QED) is 0.369. The fourth-order valence-electron chi connectivity index (χ4n) is 2.78. The summed E-state index contributed by atoms with van der Waals surface area (Å²) in [5.41, 5.74) is 3.66. The van der Waals surface area contributed by atoms with Crippen molar-refractivity contribution in [1.82, 2.24) is 14.9 Å². The van der Waals surface area contributed by atoms with E-state index in [1.54, 1.807) is 25.5 Å². The molecule has 0 unspecified atom stereocenters. The number of nitrogens with zero attached hydrogens (tertiary/aromatic N) is 4. The Balaban J connectivity index is 1.85. The minimum Gasteiger partial charge on any atom is -0.496 e. The van der Waals surface area contributed by atoms with Crippen molar-refractivity contribution in [3.05, 3.63) is 64.5 Å². The van der Waals surface area contributed by atoms with Crippen LogP contribution in [0.25, 0.3) is 0 Å². The zero-order chi connectivity index (χ0) is 21.7. The van der Waals surface area contributed by atoms with E-state index in [4.69, 9.17) is 9.47 Å². The second kappa shape index (κ2) is 9.71. The fraction of sp³-hybridized carbons (Fsp3) is 0.286. The molecule has 0 spiro atoms. The number of benzene rings is 2. The van der Waals surface area contributed by atoms with Gasteiger partial charge in [0.05, 0.1) is 13.3 Å². The fourth-order valence-corrected chi connectivity index (χ4v) is 3.22. The number of rotatable bonds is 8. The second-order valence-corrected chi connectivity index (χ2v) is 7.30. The van der Waals surface area contributed by atoms with Gasteiger partial charge in [-0.25, -0.2) is 8.78 Å². The molecule has 0 N–H and O–H groups in total. The van der Waals surface area contributed by atoms with Gasteiger partial charge in [-0.3, -0.25) is 0 Å². The maximum absolute atomic E-state index is 13.1. The number of aryl methyl sites for hydroxylation is 2. The molecule has 0 saturated carbocycles. The zero-order valence-electron chi connectivity index (χ0n) is 17.1. The van der Waals surface area contributed by atoms with Crippen LogP contribution in [0.15, 0.2) is 46.7 Å². The molecule has 3 aromatic rings. The van der Waals surface area contributed by atoms with Crippen LogP contribution in [0.2, 0.25) is 0 Å². The normalized spacial score (nSPS) is 11.4. The zero-order valence-corrected chi connectivity index (χ0v) is 17.9. The molecule has 2 aromatic carbocycles. The van der Waals surface area contributed by atoms with Crippen molar-refractivity contribution < 1.29 is 18.3 Å². The van der Waals surface area contributed by atoms with Crippen LogP contribution >= 0.6 is 11.8 Å². The van der Waals surface area contributed by atoms with Gasteiger partial charge in [0, 0.05) is 5.56 Å². The summed E-state index contributed by atoms with van der Waals surface area (Å²) >= 11 is 1.19. The average Bonchev–Trinajstić information content (AvgIpc) is 3.16. The predicted molar refractivity (Wildman–Crippen MR) is 113 cm³/mol. The maximum Gasteiger partial charge on any atom is 0.299 e. The van der Waals surface area contributed by atoms with Crippen LogP contribution in [-0.4, -0.2) is 34.5 Å². The highest BCUT2D eigenvalue weighted by molar-refractivity contribution is 7.98. The molecule has 6 nitrogen and oxygen atoms in total. The summed E-state index contributed by atoms with van der Waals surface area (Å²) in [6.45, 7) is 4.28. The molecule has 0 saturated heterocycles. The van der Waals surface area contributed by atoms with E-state index in [-0.39, 0.29) is 5.16 Å². The molecule has 158 valence electrons. The van der Waals surface area contributed by atoms with E-state index in [0.717, 1.165) is 27.1 Å². The van der Waals surface area contributed by atoms with E-state index in [0.29, 0.717) is 17.9 Å². The predicted octanol–water partition coefficient (Wildman–Crippen LogP) is 5.02. The molecule has 3 rings (SSSR count). The standard InChI is InChI=1S/C21H22F2N4O2S/c1-13-5-6-14(2)18(9-13)29-12-16-10-15(7-8-17(16)28-3)11-24-27-20(19(22)23)25-26-21(27)30-4/h5-11,19H,12H2,1-4H3/b24-11-. The summed E-state index contributed by atoms with van der Waals surface area (Å²) in [6.07, 6.45) is 0.435. The molecule has 0 bridgehead atoms. The second-order valence-electron chi connectivity index (χ2n) is 6.53. The number of hydrogen-bond donors (Lipinski definition) is 0. The Kier molecular flexibility index (Phi) is 7.04. The number of hydrogen-bond acceptors (Lipinski definition) is 6. The van der Waals surface area contributed by atoms with Crippen LogP contribution in [0.4, 0.5) is 8.78 Å². The number of methoxy groups -OCH3 is 1. The van der Waals surface area contributed by atoms with Crippen LogP contribution in [0.5, 0.6) is 11.5 Å². The lowest BCUT2D eigenvalue weighted by Crippen LogP contribution is -2.03. The van der Waals surface area contributed by atoms with Gasteiger partial charge in [-0.15, -0.1) is 10.2 Å². The summed E-state index contributed by atoms with van der Waals surface area (Å²) in [5.74, 6) is 0.967. The summed E-state index contributed by atoms with van der Waals surface area (Å²) in [5, 5.41) is 11.7. The lowest BCUT2D eigenvalue weighted by atomic mass is 10.1. The third-order valence-electron chi connectivity index (χ3n) is 4.37. The van der Waals surface area contributed by atoms with Gasteiger partial charge in [-0.05, 0) is 61.1 Å². The number of halogens is 2. The lowest BCUT2D eigenvalue weighted by molar-refractivity contribution is 0.135. The molecule has 0 atom stereocenters. The van der Waals surface area contributed by atoms with E-state index in [2.05, 4.69) is 15.3 Å². The smallest absolute Gasteiger partial charge is 0.299 e. The molecule has 0 aliphatic carbocycles. The Morgan fingerprint density at radius 1 is 1.13 bits per heavy atom. The number of thioether (sulfide) groups is 1. The molecule has 0 amide bonds. The monoisotopic (exact) mass is 432 g/mol. The highest BCUT2D eigenvalue weighted by Gasteiger charge is 2.19. The molecule has 0 radical (unpaired) electrons. The van der Waals surface area contributed by atoms with Gasteiger partial charge in [0.15, 0.2) is 0 Å². The summed E-state index contributed by atoms with van der Waals surface area (Å²) in [7, 11) is 1.58. The van der Waals surface area contributed by atoms with E-state index in [9.17, 15) is 8.78 Å². The Hall–Kier alpha value is -2.94. The number of alkyl halides is 2. The first-order chi connectivity index (χ1) is 14.4. The SMILES string of the molecule is COc1ccc(/C=N\n2c(SC)nnc2C(F)F)cc1COc1cc(C)ccc1C. The van der Waals surface area contributed by atoms with Gasteiger partial charge in [-0.2, -0.15) is 9.78 Å². The first-order valence-corrected chi connectivity index (χ1v) is 10.3. The van der Waals surface area contributed by atoms with E-state index >= 15 is 0 Å². The van der Waals surface area contributed by atoms with E-state index in [1.165, 1.54) is 18.0 Å². The van der Waals surface area contributed by atoms with Crippen LogP contribution in [0, 0.1) is 13.8 Å². The third-order valence-corrected chi connectivity index (χ3v) is 4.99. The van der Waals surface area contributed by atoms with Gasteiger partial charge in [0.2, 0.25) is 11.0 Å². The maximum atomic E-state index is 13.1. The van der Waals surface area contributed by atoms with Gasteiger partial charge in [0.1, 0.15) is 18.1 Å². The minimum atomic E-state index is -2.77. The Morgan fingerprint density at radius 3 is 2.63 bits per heavy atom. The summed E-state index contributed by atoms with van der Waals surface area (Å²) in [4.78, 5) is 0.